The fourth-order valence-corrected chi connectivity index (χ4v) is 4.02. The molecule has 0 fully saturated rings. The summed E-state index contributed by atoms with van der Waals surface area (Å²) in [5.41, 5.74) is 2.52. The minimum absolute atomic E-state index is 0.111. The first-order valence-electron chi connectivity index (χ1n) is 7.63. The summed E-state index contributed by atoms with van der Waals surface area (Å²) in [5, 5.41) is 0. The Morgan fingerprint density at radius 2 is 2.12 bits per heavy atom. The van der Waals surface area contributed by atoms with Crippen molar-refractivity contribution in [3.05, 3.63) is 18.3 Å². The molecule has 0 N–H and O–H groups in total. The summed E-state index contributed by atoms with van der Waals surface area (Å²) < 4.78 is 30.4. The van der Waals surface area contributed by atoms with Gasteiger partial charge in [-0.1, -0.05) is 0 Å². The van der Waals surface area contributed by atoms with Gasteiger partial charge in [-0.25, -0.2) is 0 Å². The van der Waals surface area contributed by atoms with Crippen molar-refractivity contribution in [1.82, 2.24) is 14.6 Å². The van der Waals surface area contributed by atoms with E-state index in [0.717, 1.165) is 0 Å². The van der Waals surface area contributed by atoms with Crippen molar-refractivity contribution in [2.75, 3.05) is 12.3 Å². The number of rotatable bonds is 5. The van der Waals surface area contributed by atoms with Crippen LogP contribution < -0.4 is 9.13 Å². The number of hydroxylamine groups is 2. The summed E-state index contributed by atoms with van der Waals surface area (Å²) >= 11 is 2.37. The number of pyridine rings is 2. The zero-order valence-corrected chi connectivity index (χ0v) is 16.4. The molecule has 1 aliphatic heterocycles. The van der Waals surface area contributed by atoms with Crippen LogP contribution in [0.2, 0.25) is 0 Å². The second-order valence-electron chi connectivity index (χ2n) is 6.04. The number of quaternary nitrogens is 1. The van der Waals surface area contributed by atoms with E-state index in [1.54, 1.807) is 19.2 Å². The summed E-state index contributed by atoms with van der Waals surface area (Å²) in [6.07, 6.45) is 3.19. The van der Waals surface area contributed by atoms with Gasteiger partial charge in [-0.3, -0.25) is 0 Å². The van der Waals surface area contributed by atoms with Crippen LogP contribution in [0, 0.1) is 5.92 Å². The van der Waals surface area contributed by atoms with Gasteiger partial charge in [0.25, 0.3) is 0 Å². The molecule has 2 radical (unpaired) electrons. The number of aliphatic imine (C=N–C) groups is 1. The average molecular weight is 409 g/mol. The van der Waals surface area contributed by atoms with Crippen LogP contribution in [-0.2, 0) is 14.4 Å². The Kier molecular flexibility index (Phi) is 4.50. The number of aromatic nitrogens is 2. The van der Waals surface area contributed by atoms with Gasteiger partial charge in [0.1, 0.15) is 0 Å². The van der Waals surface area contributed by atoms with Crippen molar-refractivity contribution in [2.45, 2.75) is 20.8 Å². The number of hydrogen-bond acceptors (Lipinski definition) is 6. The molecule has 126 valence electrons. The molecule has 0 aliphatic carbocycles. The molecule has 7 nitrogen and oxygen atoms in total. The molecule has 0 bridgehead atoms. The molecule has 1 unspecified atom stereocenters. The van der Waals surface area contributed by atoms with E-state index in [-0.39, 0.29) is 16.3 Å². The van der Waals surface area contributed by atoms with E-state index in [1.807, 2.05) is 19.9 Å². The zero-order chi connectivity index (χ0) is 17.5. The first kappa shape index (κ1) is 17.5. The van der Waals surface area contributed by atoms with Gasteiger partial charge in [0, 0.05) is 0 Å². The summed E-state index contributed by atoms with van der Waals surface area (Å²) in [4.78, 5) is 13.3. The van der Waals surface area contributed by atoms with Crippen LogP contribution in [0.5, 0.6) is 0 Å². The topological polar surface area (TPSA) is 81.5 Å². The fraction of sp³-hybridized carbons (Fsp3) is 0.400. The van der Waals surface area contributed by atoms with Crippen LogP contribution in [0.4, 0.5) is 11.4 Å². The van der Waals surface area contributed by atoms with Crippen LogP contribution in [0.25, 0.3) is 11.0 Å². The van der Waals surface area contributed by atoms with E-state index in [2.05, 4.69) is 31.8 Å². The molecular weight excluding hydrogens is 391 g/mol. The van der Waals surface area contributed by atoms with Crippen molar-refractivity contribution in [1.29, 1.82) is 0 Å². The third-order valence-corrected chi connectivity index (χ3v) is 5.52. The summed E-state index contributed by atoms with van der Waals surface area (Å²) in [5.74, 6) is 0.0657. The number of hydrogen-bond donors (Lipinski definition) is 0. The monoisotopic (exact) mass is 409 g/mol. The quantitative estimate of drug-likeness (QED) is 0.550. The Balaban J connectivity index is 2.31. The predicted octanol–water partition coefficient (Wildman–Crippen LogP) is 1.34. The summed E-state index contributed by atoms with van der Waals surface area (Å²) in [6, 6.07) is 3.64. The average Bonchev–Trinajstić information content (AvgIpc) is 2.86. The van der Waals surface area contributed by atoms with Gasteiger partial charge in [0.15, 0.2) is 0 Å². The van der Waals surface area contributed by atoms with E-state index < -0.39 is 10.1 Å². The van der Waals surface area contributed by atoms with E-state index in [4.69, 9.17) is 4.28 Å². The second kappa shape index (κ2) is 6.18. The standard InChI is InChI=1S/C15H18AsN4O3S/c1-4-24(21,22)23-20(8-10(2)3)9-18-13-14(20)12-11(19-15(13)16)6-5-7-17-12/h5-7,9-10H,4,8H2,1-3H3/q+1. The number of fused-ring (bicyclic) bond motifs is 3. The molecule has 0 spiro atoms. The molecule has 3 rings (SSSR count). The van der Waals surface area contributed by atoms with E-state index in [0.29, 0.717) is 33.4 Å². The maximum absolute atomic E-state index is 12.2. The van der Waals surface area contributed by atoms with Crippen LogP contribution >= 0.6 is 0 Å². The SMILES string of the molecule is CCS(=O)(=O)O[N+]1(CC(C)C)C=Nc2c([As])nc3cccnc3c21. The zero-order valence-electron chi connectivity index (χ0n) is 13.7. The Bertz CT molecular complexity index is 930. The molecule has 1 atom stereocenters. The second-order valence-corrected chi connectivity index (χ2v) is 8.77. The van der Waals surface area contributed by atoms with Gasteiger partial charge in [-0.2, -0.15) is 0 Å². The molecule has 0 amide bonds. The van der Waals surface area contributed by atoms with E-state index in [9.17, 15) is 8.42 Å². The third-order valence-electron chi connectivity index (χ3n) is 3.66. The molecule has 24 heavy (non-hydrogen) atoms. The van der Waals surface area contributed by atoms with Crippen LogP contribution in [0.15, 0.2) is 23.3 Å². The molecular formula is C15H18AsN4O3S+. The van der Waals surface area contributed by atoms with Gasteiger partial charge in [-0.15, -0.1) is 0 Å². The van der Waals surface area contributed by atoms with Crippen LogP contribution in [-0.4, -0.2) is 53.9 Å². The molecule has 0 saturated heterocycles. The summed E-state index contributed by atoms with van der Waals surface area (Å²) in [7, 11) is -3.70. The van der Waals surface area contributed by atoms with Gasteiger partial charge in [0.2, 0.25) is 0 Å². The van der Waals surface area contributed by atoms with Gasteiger partial charge in [0.05, 0.1) is 0 Å². The van der Waals surface area contributed by atoms with Crippen LogP contribution in [0.3, 0.4) is 0 Å². The molecule has 2 aromatic rings. The maximum atomic E-state index is 12.2. The molecule has 2 aromatic heterocycles. The normalized spacial score (nSPS) is 20.0. The van der Waals surface area contributed by atoms with Crippen LogP contribution in [0.1, 0.15) is 20.8 Å². The molecule has 1 aliphatic rings. The molecule has 9 heteroatoms. The Hall–Kier alpha value is -1.34. The number of nitrogens with zero attached hydrogens (tertiary/aromatic N) is 4. The van der Waals surface area contributed by atoms with Crippen molar-refractivity contribution in [3.8, 4) is 0 Å². The van der Waals surface area contributed by atoms with E-state index >= 15 is 0 Å². The Labute approximate surface area is 149 Å². The first-order chi connectivity index (χ1) is 11.3. The Morgan fingerprint density at radius 1 is 1.38 bits per heavy atom. The van der Waals surface area contributed by atoms with Gasteiger partial charge >= 0.3 is 150 Å². The predicted molar refractivity (Wildman–Crippen MR) is 95.1 cm³/mol. The summed E-state index contributed by atoms with van der Waals surface area (Å²) in [6.45, 7) is 6.00. The third kappa shape index (κ3) is 2.99. The van der Waals surface area contributed by atoms with Gasteiger partial charge < -0.3 is 0 Å². The Morgan fingerprint density at radius 3 is 2.79 bits per heavy atom. The fourth-order valence-electron chi connectivity index (χ4n) is 2.76. The van der Waals surface area contributed by atoms with E-state index in [1.165, 1.54) is 6.34 Å². The van der Waals surface area contributed by atoms with Crippen molar-refractivity contribution in [2.24, 2.45) is 10.9 Å². The molecule has 0 saturated carbocycles. The van der Waals surface area contributed by atoms with Gasteiger partial charge in [-0.05, 0) is 0 Å². The molecule has 3 heterocycles. The molecule has 0 aromatic carbocycles. The van der Waals surface area contributed by atoms with Crippen molar-refractivity contribution in [3.63, 3.8) is 0 Å². The first-order valence-corrected chi connectivity index (χ1v) is 10.1. The van der Waals surface area contributed by atoms with Crippen molar-refractivity contribution >= 4 is 60.2 Å². The van der Waals surface area contributed by atoms with Crippen molar-refractivity contribution < 1.29 is 12.7 Å². The minimum atomic E-state index is -3.70.